The summed E-state index contributed by atoms with van der Waals surface area (Å²) in [6.45, 7) is 2.52. The van der Waals surface area contributed by atoms with Crippen molar-refractivity contribution in [3.63, 3.8) is 0 Å². The van der Waals surface area contributed by atoms with Crippen molar-refractivity contribution in [3.05, 3.63) is 0 Å². The van der Waals surface area contributed by atoms with E-state index in [1.54, 1.807) is 0 Å². The summed E-state index contributed by atoms with van der Waals surface area (Å²) in [5, 5.41) is 40.8. The molecule has 0 aliphatic carbocycles. The quantitative estimate of drug-likeness (QED) is 0.397. The highest BCUT2D eigenvalue weighted by Gasteiger charge is 2.80. The van der Waals surface area contributed by atoms with Crippen LogP contribution in [0.15, 0.2) is 0 Å². The maximum Gasteiger partial charge on any atom is 0.322 e. The maximum absolute atomic E-state index is 11.8. The Morgan fingerprint density at radius 3 is 1.86 bits per heavy atom. The van der Waals surface area contributed by atoms with E-state index in [0.29, 0.717) is 0 Å². The minimum Gasteiger partial charge on any atom is -0.382 e. The van der Waals surface area contributed by atoms with E-state index in [0.717, 1.165) is 27.9 Å². The number of hydrogen-bond acceptors (Lipinski definition) is 9. The molecular weight excluding hydrogens is 288 g/mol. The summed E-state index contributed by atoms with van der Waals surface area (Å²) in [7, 11) is 0.844. The van der Waals surface area contributed by atoms with E-state index in [1.165, 1.54) is 0 Å². The molecule has 1 saturated heterocycles. The second-order valence-electron chi connectivity index (χ2n) is 4.97. The Labute approximate surface area is 120 Å². The summed E-state index contributed by atoms with van der Waals surface area (Å²) in [6, 6.07) is 0. The minimum absolute atomic E-state index is 0.782. The van der Waals surface area contributed by atoms with Crippen LogP contribution in [0.25, 0.3) is 0 Å². The molecular formula is C12H18O9. The average molecular weight is 306 g/mol. The monoisotopic (exact) mass is 306 g/mol. The Hall–Kier alpha value is -1.23. The van der Waals surface area contributed by atoms with Gasteiger partial charge in [0.15, 0.2) is 23.0 Å². The van der Waals surface area contributed by atoms with Crippen molar-refractivity contribution >= 4 is 17.3 Å². The molecule has 1 fully saturated rings. The van der Waals surface area contributed by atoms with E-state index in [-0.39, 0.29) is 0 Å². The predicted molar refractivity (Wildman–Crippen MR) is 64.8 cm³/mol. The van der Waals surface area contributed by atoms with Crippen LogP contribution in [0.3, 0.4) is 0 Å². The molecule has 0 amide bonds. The zero-order valence-electron chi connectivity index (χ0n) is 12.0. The molecule has 9 heteroatoms. The number of carbonyl (C=O) groups is 3. The Bertz CT molecular complexity index is 489. The minimum atomic E-state index is -3.22. The van der Waals surface area contributed by atoms with Gasteiger partial charge in [0.25, 0.3) is 0 Å². The lowest BCUT2D eigenvalue weighted by Gasteiger charge is -2.39. The van der Waals surface area contributed by atoms with Gasteiger partial charge in [-0.1, -0.05) is 0 Å². The Kier molecular flexibility index (Phi) is 4.41. The van der Waals surface area contributed by atoms with Gasteiger partial charge in [-0.3, -0.25) is 14.4 Å². The lowest BCUT2D eigenvalue weighted by atomic mass is 9.73. The van der Waals surface area contributed by atoms with Crippen molar-refractivity contribution in [2.24, 2.45) is 0 Å². The van der Waals surface area contributed by atoms with Gasteiger partial charge in [0.1, 0.15) is 12.2 Å². The van der Waals surface area contributed by atoms with Crippen molar-refractivity contribution in [2.45, 2.75) is 50.2 Å². The summed E-state index contributed by atoms with van der Waals surface area (Å²) in [5.41, 5.74) is -6.30. The topological polar surface area (TPSA) is 151 Å². The highest BCUT2D eigenvalue weighted by Crippen LogP contribution is 2.48. The standard InChI is InChI=1S/C12H18O9/c1-5(13)8(16)9-10(17,6(2)14)11(18,7(3)15)12(19,20-4)21-9/h8-9,16-19H,1-4H3/t8?,9-,10-,11+,12?/m0/s1. The molecule has 120 valence electrons. The maximum atomic E-state index is 11.8. The SMILES string of the molecule is COC1(O)O[C@@H](C(O)C(C)=O)[C@@](O)(C(C)=O)[C@]1(O)C(C)=O. The smallest absolute Gasteiger partial charge is 0.322 e. The van der Waals surface area contributed by atoms with Crippen molar-refractivity contribution in [3.8, 4) is 0 Å². The first-order valence-electron chi connectivity index (χ1n) is 6.00. The molecule has 4 N–H and O–H groups in total. The van der Waals surface area contributed by atoms with Crippen molar-refractivity contribution in [1.29, 1.82) is 0 Å². The van der Waals surface area contributed by atoms with Gasteiger partial charge >= 0.3 is 5.97 Å². The van der Waals surface area contributed by atoms with E-state index in [4.69, 9.17) is 4.74 Å². The van der Waals surface area contributed by atoms with Crippen LogP contribution in [-0.4, -0.2) is 74.3 Å². The van der Waals surface area contributed by atoms with Crippen LogP contribution in [0.5, 0.6) is 0 Å². The highest BCUT2D eigenvalue weighted by atomic mass is 16.8. The number of aliphatic hydroxyl groups excluding tert-OH is 1. The average Bonchev–Trinajstić information content (AvgIpc) is 2.58. The van der Waals surface area contributed by atoms with E-state index >= 15 is 0 Å². The number of rotatable bonds is 5. The molecule has 5 atom stereocenters. The van der Waals surface area contributed by atoms with Crippen molar-refractivity contribution in [2.75, 3.05) is 7.11 Å². The fraction of sp³-hybridized carbons (Fsp3) is 0.750. The van der Waals surface area contributed by atoms with Gasteiger partial charge in [-0.2, -0.15) is 0 Å². The third kappa shape index (κ3) is 2.05. The summed E-state index contributed by atoms with van der Waals surface area (Å²) < 4.78 is 9.31. The van der Waals surface area contributed by atoms with Crippen LogP contribution in [0.4, 0.5) is 0 Å². The Morgan fingerprint density at radius 1 is 1.10 bits per heavy atom. The second-order valence-corrected chi connectivity index (χ2v) is 4.97. The number of ether oxygens (including phenoxy) is 2. The predicted octanol–water partition coefficient (Wildman–Crippen LogP) is -2.73. The Balaban J connectivity index is 3.63. The fourth-order valence-corrected chi connectivity index (χ4v) is 2.44. The van der Waals surface area contributed by atoms with Gasteiger partial charge in [0.2, 0.25) is 5.60 Å². The second kappa shape index (κ2) is 5.20. The van der Waals surface area contributed by atoms with Crippen molar-refractivity contribution < 1.29 is 44.3 Å². The molecule has 9 nitrogen and oxygen atoms in total. The largest absolute Gasteiger partial charge is 0.382 e. The van der Waals surface area contributed by atoms with Crippen LogP contribution < -0.4 is 0 Å². The van der Waals surface area contributed by atoms with E-state index < -0.39 is 46.7 Å². The number of hydrogen-bond donors (Lipinski definition) is 4. The molecule has 0 saturated carbocycles. The first-order chi connectivity index (χ1) is 9.40. The zero-order chi connectivity index (χ0) is 16.8. The van der Waals surface area contributed by atoms with Gasteiger partial charge in [-0.25, -0.2) is 0 Å². The zero-order valence-corrected chi connectivity index (χ0v) is 12.0. The van der Waals surface area contributed by atoms with Gasteiger partial charge in [0.05, 0.1) is 0 Å². The van der Waals surface area contributed by atoms with Gasteiger partial charge in [0, 0.05) is 7.11 Å². The van der Waals surface area contributed by atoms with E-state index in [2.05, 4.69) is 4.74 Å². The van der Waals surface area contributed by atoms with Crippen LogP contribution in [0.2, 0.25) is 0 Å². The summed E-state index contributed by atoms with van der Waals surface area (Å²) in [4.78, 5) is 34.8. The van der Waals surface area contributed by atoms with E-state index in [1.807, 2.05) is 0 Å². The fourth-order valence-electron chi connectivity index (χ4n) is 2.44. The molecule has 0 radical (unpaired) electrons. The normalized spacial score (nSPS) is 40.9. The lowest BCUT2D eigenvalue weighted by Crippen LogP contribution is -2.72. The van der Waals surface area contributed by atoms with Gasteiger partial charge in [-0.05, 0) is 20.8 Å². The molecule has 1 rings (SSSR count). The summed E-state index contributed by atoms with van der Waals surface area (Å²) in [6.07, 6.45) is -4.17. The van der Waals surface area contributed by atoms with Crippen LogP contribution in [0, 0.1) is 0 Å². The van der Waals surface area contributed by atoms with Crippen LogP contribution in [-0.2, 0) is 23.9 Å². The first kappa shape index (κ1) is 17.8. The number of methoxy groups -OCH3 is 1. The summed E-state index contributed by atoms with van der Waals surface area (Å²) >= 11 is 0. The van der Waals surface area contributed by atoms with Crippen LogP contribution in [0.1, 0.15) is 20.8 Å². The molecule has 0 aromatic heterocycles. The third-order valence-electron chi connectivity index (χ3n) is 3.73. The third-order valence-corrected chi connectivity index (χ3v) is 3.73. The van der Waals surface area contributed by atoms with E-state index in [9.17, 15) is 34.8 Å². The van der Waals surface area contributed by atoms with Gasteiger partial charge < -0.3 is 29.9 Å². The molecule has 0 bridgehead atoms. The number of aliphatic hydroxyl groups is 4. The molecule has 1 heterocycles. The molecule has 2 unspecified atom stereocenters. The molecule has 1 aliphatic heterocycles. The lowest BCUT2D eigenvalue weighted by molar-refractivity contribution is -0.387. The number of Topliss-reactive ketones (excluding diaryl/α,β-unsaturated/α-hetero) is 3. The first-order valence-corrected chi connectivity index (χ1v) is 6.00. The number of ketones is 3. The molecule has 0 aromatic carbocycles. The molecule has 0 aromatic rings. The molecule has 21 heavy (non-hydrogen) atoms. The summed E-state index contributed by atoms with van der Waals surface area (Å²) in [5.74, 6) is -6.47. The number of carbonyl (C=O) groups excluding carboxylic acids is 3. The van der Waals surface area contributed by atoms with Gasteiger partial charge in [-0.15, -0.1) is 0 Å². The van der Waals surface area contributed by atoms with Crippen molar-refractivity contribution in [1.82, 2.24) is 0 Å². The highest BCUT2D eigenvalue weighted by molar-refractivity contribution is 6.00. The van der Waals surface area contributed by atoms with Crippen LogP contribution >= 0.6 is 0 Å². The molecule has 0 spiro atoms. The Morgan fingerprint density at radius 2 is 1.57 bits per heavy atom. The molecule has 1 aliphatic rings.